The van der Waals surface area contributed by atoms with Gasteiger partial charge < -0.3 is 48.7 Å². The van der Waals surface area contributed by atoms with Crippen LogP contribution in [-0.4, -0.2) is 103 Å². The lowest BCUT2D eigenvalue weighted by atomic mass is 9.93. The molecule has 3 rings (SSSR count). The highest BCUT2D eigenvalue weighted by molar-refractivity contribution is 7.80. The molecule has 2 heterocycles. The van der Waals surface area contributed by atoms with E-state index in [1.807, 2.05) is 0 Å². The molecule has 21 heteroatoms. The SMILES string of the molecule is NCC[C@@H](CC(=O)[C@@H](CCN)NC(=O)C[C@@H](NC(=O)c1ccc(NCc2cnc3nc(N)[nH]c(=O)c3n2)cc1)C(=O)O)C(=O)N[C@H](CS)C(=O)O. The minimum atomic E-state index is -1.67. The number of nitrogens with two attached hydrogens (primary N) is 3. The van der Waals surface area contributed by atoms with Crippen molar-refractivity contribution >= 4 is 70.9 Å². The Morgan fingerprint density at radius 1 is 0.863 bits per heavy atom. The van der Waals surface area contributed by atoms with Crippen LogP contribution in [0.3, 0.4) is 0 Å². The number of amides is 3. The van der Waals surface area contributed by atoms with Crippen molar-refractivity contribution < 1.29 is 39.0 Å². The van der Waals surface area contributed by atoms with Gasteiger partial charge in [-0.3, -0.25) is 29.0 Å². The second-order valence-electron chi connectivity index (χ2n) is 11.2. The maximum atomic E-state index is 13.1. The molecular formula is C30H39N11O9S. The van der Waals surface area contributed by atoms with Crippen molar-refractivity contribution in [3.8, 4) is 0 Å². The van der Waals surface area contributed by atoms with Gasteiger partial charge >= 0.3 is 11.9 Å². The van der Waals surface area contributed by atoms with Crippen LogP contribution in [0.1, 0.15) is 41.7 Å². The first kappa shape index (κ1) is 39.8. The second kappa shape index (κ2) is 18.9. The molecule has 1 aromatic carbocycles. The fraction of sp³-hybridized carbons (Fsp3) is 0.400. The first-order valence-corrected chi connectivity index (χ1v) is 16.1. The Bertz CT molecular complexity index is 1810. The number of anilines is 2. The number of benzene rings is 1. The van der Waals surface area contributed by atoms with E-state index in [4.69, 9.17) is 17.2 Å². The number of aromatic amines is 1. The Morgan fingerprint density at radius 2 is 1.53 bits per heavy atom. The molecule has 0 spiro atoms. The van der Waals surface area contributed by atoms with Crippen molar-refractivity contribution in [3.05, 3.63) is 52.1 Å². The first-order chi connectivity index (χ1) is 24.3. The summed E-state index contributed by atoms with van der Waals surface area (Å²) in [5.74, 6) is -7.12. The third kappa shape index (κ3) is 11.7. The molecule has 274 valence electrons. The minimum Gasteiger partial charge on any atom is -0.480 e. The van der Waals surface area contributed by atoms with E-state index in [2.05, 4.69) is 53.8 Å². The number of carboxylic acids is 2. The van der Waals surface area contributed by atoms with Gasteiger partial charge in [0.05, 0.1) is 30.9 Å². The number of nitrogens with one attached hydrogen (secondary N) is 5. The van der Waals surface area contributed by atoms with Gasteiger partial charge in [-0.2, -0.15) is 17.6 Å². The summed E-state index contributed by atoms with van der Waals surface area (Å²) in [7, 11) is 0. The Labute approximate surface area is 295 Å². The first-order valence-electron chi connectivity index (χ1n) is 15.5. The smallest absolute Gasteiger partial charge is 0.327 e. The number of H-pyrrole nitrogens is 1. The van der Waals surface area contributed by atoms with Gasteiger partial charge in [-0.05, 0) is 50.2 Å². The summed E-state index contributed by atoms with van der Waals surface area (Å²) in [6, 6.07) is 1.76. The lowest BCUT2D eigenvalue weighted by Crippen LogP contribution is -2.49. The number of nitrogen functional groups attached to an aromatic ring is 1. The van der Waals surface area contributed by atoms with Crippen LogP contribution in [0.2, 0.25) is 0 Å². The number of aromatic nitrogens is 4. The van der Waals surface area contributed by atoms with Crippen LogP contribution < -0.4 is 44.0 Å². The van der Waals surface area contributed by atoms with E-state index in [0.29, 0.717) is 11.4 Å². The topological polar surface area (TPSA) is 341 Å². The molecule has 0 unspecified atom stereocenters. The van der Waals surface area contributed by atoms with Gasteiger partial charge in [0.1, 0.15) is 12.1 Å². The third-order valence-corrected chi connectivity index (χ3v) is 7.77. The number of fused-ring (bicyclic) bond motifs is 1. The fourth-order valence-corrected chi connectivity index (χ4v) is 4.98. The van der Waals surface area contributed by atoms with Crippen LogP contribution in [0.5, 0.6) is 0 Å². The molecule has 0 saturated carbocycles. The van der Waals surface area contributed by atoms with Crippen LogP contribution in [0, 0.1) is 5.92 Å². The maximum Gasteiger partial charge on any atom is 0.327 e. The van der Waals surface area contributed by atoms with Crippen molar-refractivity contribution in [2.45, 2.75) is 50.4 Å². The predicted octanol–water partition coefficient (Wildman–Crippen LogP) is -2.26. The number of nitrogens with zero attached hydrogens (tertiary/aromatic N) is 3. The van der Waals surface area contributed by atoms with Crippen LogP contribution in [-0.2, 0) is 30.5 Å². The van der Waals surface area contributed by atoms with Crippen LogP contribution in [0.4, 0.5) is 11.6 Å². The lowest BCUT2D eigenvalue weighted by molar-refractivity contribution is -0.142. The molecule has 0 aliphatic heterocycles. The molecule has 3 aromatic rings. The molecule has 0 saturated heterocycles. The zero-order chi connectivity index (χ0) is 37.7. The van der Waals surface area contributed by atoms with E-state index in [1.54, 1.807) is 12.1 Å². The summed E-state index contributed by atoms with van der Waals surface area (Å²) in [6.45, 7) is 0.122. The molecule has 13 N–H and O–H groups in total. The average molecular weight is 730 g/mol. The summed E-state index contributed by atoms with van der Waals surface area (Å²) < 4.78 is 0. The number of thiol groups is 1. The summed E-state index contributed by atoms with van der Waals surface area (Å²) in [4.78, 5) is 101. The van der Waals surface area contributed by atoms with Gasteiger partial charge in [0.15, 0.2) is 16.9 Å². The molecule has 3 amide bonds. The highest BCUT2D eigenvalue weighted by atomic mass is 32.1. The van der Waals surface area contributed by atoms with Crippen molar-refractivity contribution in [2.75, 3.05) is 29.9 Å². The zero-order valence-electron chi connectivity index (χ0n) is 27.1. The van der Waals surface area contributed by atoms with Gasteiger partial charge in [-0.15, -0.1) is 0 Å². The largest absolute Gasteiger partial charge is 0.480 e. The van der Waals surface area contributed by atoms with Crippen molar-refractivity contribution in [1.29, 1.82) is 0 Å². The number of hydrogen-bond donors (Lipinski definition) is 11. The molecule has 0 fully saturated rings. The molecular weight excluding hydrogens is 690 g/mol. The van der Waals surface area contributed by atoms with Crippen LogP contribution in [0.15, 0.2) is 35.3 Å². The second-order valence-corrected chi connectivity index (χ2v) is 11.6. The maximum absolute atomic E-state index is 13.1. The standard InChI is InChI=1S/C30H39N11O9S/c31-7-5-15(26(45)39-20(13-51)29(49)50)9-21(42)18(6-8-32)37-22(43)10-19(28(47)48)38-25(44)14-1-3-16(4-2-14)34-11-17-12-35-24-23(36-17)27(46)41-30(33)40-24/h1-4,12,15,18-20,34,51H,5-11,13,31-32H2,(H,37,43)(H,38,44)(H,39,45)(H,47,48)(H,49,50)(H3,33,35,40,41,46)/t15-,18+,19+,20+/m0/s1. The van der Waals surface area contributed by atoms with Crippen molar-refractivity contribution in [3.63, 3.8) is 0 Å². The van der Waals surface area contributed by atoms with Crippen LogP contribution >= 0.6 is 12.6 Å². The number of carboxylic acid groups (broad SMARTS) is 2. The molecule has 0 aliphatic carbocycles. The van der Waals surface area contributed by atoms with Gasteiger partial charge in [0, 0.05) is 29.3 Å². The Kier molecular flexibility index (Phi) is 14.8. The van der Waals surface area contributed by atoms with E-state index >= 15 is 0 Å². The van der Waals surface area contributed by atoms with E-state index < -0.39 is 77.9 Å². The Balaban J connectivity index is 1.59. The number of Topliss-reactive ketones (excluding diaryl/α,β-unsaturated/α-hetero) is 1. The van der Waals surface area contributed by atoms with Gasteiger partial charge in [-0.1, -0.05) is 0 Å². The van der Waals surface area contributed by atoms with E-state index in [0.717, 1.165) is 0 Å². The van der Waals surface area contributed by atoms with E-state index in [-0.39, 0.29) is 60.9 Å². The number of hydrogen-bond acceptors (Lipinski definition) is 15. The summed E-state index contributed by atoms with van der Waals surface area (Å²) in [6.07, 6.45) is 0.277. The molecule has 20 nitrogen and oxygen atoms in total. The normalized spacial score (nSPS) is 13.3. The molecule has 0 radical (unpaired) electrons. The van der Waals surface area contributed by atoms with E-state index in [1.165, 1.54) is 18.3 Å². The number of carbonyl (C=O) groups excluding carboxylic acids is 4. The third-order valence-electron chi connectivity index (χ3n) is 7.41. The number of carbonyl (C=O) groups is 6. The fourth-order valence-electron chi connectivity index (χ4n) is 4.74. The molecule has 0 aliphatic rings. The highest BCUT2D eigenvalue weighted by Crippen LogP contribution is 2.14. The van der Waals surface area contributed by atoms with Crippen molar-refractivity contribution in [1.82, 2.24) is 35.9 Å². The minimum absolute atomic E-state index is 0.00947. The predicted molar refractivity (Wildman–Crippen MR) is 185 cm³/mol. The summed E-state index contributed by atoms with van der Waals surface area (Å²) in [5.41, 5.74) is 17.3. The average Bonchev–Trinajstić information content (AvgIpc) is 3.08. The summed E-state index contributed by atoms with van der Waals surface area (Å²) in [5, 5.41) is 29.0. The Hall–Kier alpha value is -5.67. The van der Waals surface area contributed by atoms with Gasteiger partial charge in [-0.25, -0.2) is 19.6 Å². The van der Waals surface area contributed by atoms with Crippen LogP contribution in [0.25, 0.3) is 11.2 Å². The number of rotatable bonds is 20. The molecule has 51 heavy (non-hydrogen) atoms. The summed E-state index contributed by atoms with van der Waals surface area (Å²) >= 11 is 3.90. The number of aliphatic carboxylic acids is 2. The van der Waals surface area contributed by atoms with E-state index in [9.17, 15) is 43.8 Å². The molecule has 2 aromatic heterocycles. The highest BCUT2D eigenvalue weighted by Gasteiger charge is 2.31. The van der Waals surface area contributed by atoms with Gasteiger partial charge in [0.2, 0.25) is 17.8 Å². The van der Waals surface area contributed by atoms with Crippen molar-refractivity contribution in [2.24, 2.45) is 17.4 Å². The van der Waals surface area contributed by atoms with Gasteiger partial charge in [0.25, 0.3) is 11.5 Å². The monoisotopic (exact) mass is 729 g/mol. The zero-order valence-corrected chi connectivity index (χ0v) is 28.0. The lowest BCUT2D eigenvalue weighted by Gasteiger charge is -2.23. The Morgan fingerprint density at radius 3 is 2.14 bits per heavy atom. The number of ketones is 1. The molecule has 0 bridgehead atoms. The molecule has 4 atom stereocenters. The quantitative estimate of drug-likeness (QED) is 0.0547.